The van der Waals surface area contributed by atoms with Crippen LogP contribution in [0.1, 0.15) is 25.0 Å². The molecule has 0 unspecified atom stereocenters. The molecular formula is C17H24N2O2. The molecule has 0 bridgehead atoms. The van der Waals surface area contributed by atoms with E-state index in [1.165, 1.54) is 6.42 Å². The molecule has 0 radical (unpaired) electrons. The molecule has 3 rings (SSSR count). The zero-order chi connectivity index (χ0) is 14.5. The van der Waals surface area contributed by atoms with Crippen molar-refractivity contribution in [3.8, 4) is 0 Å². The first-order valence-electron chi connectivity index (χ1n) is 7.85. The van der Waals surface area contributed by atoms with Gasteiger partial charge in [-0.3, -0.25) is 9.88 Å². The van der Waals surface area contributed by atoms with Gasteiger partial charge in [0, 0.05) is 25.3 Å². The van der Waals surface area contributed by atoms with Gasteiger partial charge in [-0.05, 0) is 31.4 Å². The fourth-order valence-corrected chi connectivity index (χ4v) is 3.39. The Labute approximate surface area is 126 Å². The minimum absolute atomic E-state index is 0.251. The van der Waals surface area contributed by atoms with E-state index in [0.29, 0.717) is 25.4 Å². The van der Waals surface area contributed by atoms with Crippen LogP contribution in [0.2, 0.25) is 0 Å². The standard InChI is InChI=1S/C17H24N2O2/c1-2-11-20-13-15-6-7-16-17(21-15)8-10-19(16)12-14-5-3-4-9-18-14/h2-5,9,15-17H,1,6-8,10-13H2/t15-,16-,17-/m1/s1. The maximum absolute atomic E-state index is 6.20. The Hall–Kier alpha value is -1.23. The molecule has 0 N–H and O–H groups in total. The van der Waals surface area contributed by atoms with Crippen molar-refractivity contribution in [2.45, 2.75) is 44.1 Å². The van der Waals surface area contributed by atoms with Gasteiger partial charge in [0.2, 0.25) is 0 Å². The van der Waals surface area contributed by atoms with Gasteiger partial charge in [0.15, 0.2) is 0 Å². The van der Waals surface area contributed by atoms with Crippen molar-refractivity contribution in [1.29, 1.82) is 0 Å². The molecule has 21 heavy (non-hydrogen) atoms. The monoisotopic (exact) mass is 288 g/mol. The lowest BCUT2D eigenvalue weighted by Gasteiger charge is -2.35. The normalized spacial score (nSPS) is 29.2. The van der Waals surface area contributed by atoms with Crippen LogP contribution >= 0.6 is 0 Å². The summed E-state index contributed by atoms with van der Waals surface area (Å²) in [6.07, 6.45) is 7.66. The van der Waals surface area contributed by atoms with Gasteiger partial charge in [0.25, 0.3) is 0 Å². The highest BCUT2D eigenvalue weighted by Gasteiger charge is 2.39. The van der Waals surface area contributed by atoms with Crippen molar-refractivity contribution in [3.05, 3.63) is 42.7 Å². The van der Waals surface area contributed by atoms with Gasteiger partial charge < -0.3 is 9.47 Å². The Bertz CT molecular complexity index is 451. The second-order valence-corrected chi connectivity index (χ2v) is 5.85. The fraction of sp³-hybridized carbons (Fsp3) is 0.588. The molecule has 4 nitrogen and oxygen atoms in total. The number of likely N-dealkylation sites (tertiary alicyclic amines) is 1. The van der Waals surface area contributed by atoms with Crippen LogP contribution in [0.25, 0.3) is 0 Å². The first-order chi connectivity index (χ1) is 10.4. The van der Waals surface area contributed by atoms with Crippen molar-refractivity contribution in [3.63, 3.8) is 0 Å². The highest BCUT2D eigenvalue weighted by Crippen LogP contribution is 2.32. The smallest absolute Gasteiger partial charge is 0.0813 e. The SMILES string of the molecule is C=CCOC[C@H]1CC[C@@H]2[C@@H](CCN2Cc2ccccn2)O1. The summed E-state index contributed by atoms with van der Waals surface area (Å²) in [6, 6.07) is 6.67. The summed E-state index contributed by atoms with van der Waals surface area (Å²) in [5.74, 6) is 0. The number of rotatable bonds is 6. The zero-order valence-electron chi connectivity index (χ0n) is 12.5. The van der Waals surface area contributed by atoms with Crippen LogP contribution in [0.5, 0.6) is 0 Å². The fourth-order valence-electron chi connectivity index (χ4n) is 3.39. The van der Waals surface area contributed by atoms with Gasteiger partial charge in [-0.15, -0.1) is 6.58 Å². The minimum atomic E-state index is 0.251. The number of hydrogen-bond acceptors (Lipinski definition) is 4. The van der Waals surface area contributed by atoms with Crippen LogP contribution in [0.4, 0.5) is 0 Å². The van der Waals surface area contributed by atoms with Gasteiger partial charge in [0.05, 0.1) is 31.1 Å². The van der Waals surface area contributed by atoms with E-state index < -0.39 is 0 Å². The van der Waals surface area contributed by atoms with Gasteiger partial charge in [-0.1, -0.05) is 12.1 Å². The molecule has 0 aromatic carbocycles. The maximum atomic E-state index is 6.20. The number of aromatic nitrogens is 1. The predicted octanol–water partition coefficient (Wildman–Crippen LogP) is 2.41. The van der Waals surface area contributed by atoms with Gasteiger partial charge in [-0.25, -0.2) is 0 Å². The highest BCUT2D eigenvalue weighted by atomic mass is 16.5. The first kappa shape index (κ1) is 14.7. The molecule has 1 aromatic heterocycles. The summed E-state index contributed by atoms with van der Waals surface area (Å²) in [5, 5.41) is 0. The minimum Gasteiger partial charge on any atom is -0.375 e. The van der Waals surface area contributed by atoms with Crippen LogP contribution in [0.15, 0.2) is 37.1 Å². The Kier molecular flexibility index (Phi) is 5.01. The van der Waals surface area contributed by atoms with Crippen LogP contribution in [-0.4, -0.2) is 47.9 Å². The maximum Gasteiger partial charge on any atom is 0.0813 e. The van der Waals surface area contributed by atoms with E-state index in [-0.39, 0.29) is 6.10 Å². The zero-order valence-corrected chi connectivity index (χ0v) is 12.5. The number of fused-ring (bicyclic) bond motifs is 1. The summed E-state index contributed by atoms with van der Waals surface area (Å²) in [4.78, 5) is 6.95. The van der Waals surface area contributed by atoms with Gasteiger partial charge in [0.1, 0.15) is 0 Å². The lowest BCUT2D eigenvalue weighted by Crippen LogP contribution is -2.43. The number of pyridine rings is 1. The van der Waals surface area contributed by atoms with Crippen molar-refractivity contribution in [2.24, 2.45) is 0 Å². The number of ether oxygens (including phenoxy) is 2. The average Bonchev–Trinajstić information content (AvgIpc) is 2.91. The predicted molar refractivity (Wildman–Crippen MR) is 82.0 cm³/mol. The average molecular weight is 288 g/mol. The van der Waals surface area contributed by atoms with Crippen molar-refractivity contribution >= 4 is 0 Å². The third-order valence-corrected chi connectivity index (χ3v) is 4.38. The first-order valence-corrected chi connectivity index (χ1v) is 7.85. The van der Waals surface area contributed by atoms with Crippen LogP contribution in [0, 0.1) is 0 Å². The quantitative estimate of drug-likeness (QED) is 0.595. The molecule has 2 saturated heterocycles. The highest BCUT2D eigenvalue weighted by molar-refractivity contribution is 5.05. The Morgan fingerprint density at radius 3 is 3.14 bits per heavy atom. The summed E-state index contributed by atoms with van der Waals surface area (Å²) in [7, 11) is 0. The molecular weight excluding hydrogens is 264 g/mol. The van der Waals surface area contributed by atoms with E-state index in [2.05, 4.69) is 28.6 Å². The summed E-state index contributed by atoms with van der Waals surface area (Å²) < 4.78 is 11.7. The molecule has 0 spiro atoms. The Morgan fingerprint density at radius 1 is 1.38 bits per heavy atom. The third-order valence-electron chi connectivity index (χ3n) is 4.38. The molecule has 0 amide bonds. The molecule has 2 aliphatic heterocycles. The van der Waals surface area contributed by atoms with Crippen molar-refractivity contribution in [1.82, 2.24) is 9.88 Å². The van der Waals surface area contributed by atoms with Crippen LogP contribution in [-0.2, 0) is 16.0 Å². The Morgan fingerprint density at radius 2 is 2.33 bits per heavy atom. The molecule has 2 fully saturated rings. The molecule has 0 aliphatic carbocycles. The molecule has 3 heterocycles. The molecule has 1 aromatic rings. The molecule has 0 saturated carbocycles. The van der Waals surface area contributed by atoms with Gasteiger partial charge >= 0.3 is 0 Å². The van der Waals surface area contributed by atoms with E-state index in [0.717, 1.165) is 31.6 Å². The largest absolute Gasteiger partial charge is 0.375 e. The topological polar surface area (TPSA) is 34.6 Å². The van der Waals surface area contributed by atoms with E-state index in [4.69, 9.17) is 9.47 Å². The summed E-state index contributed by atoms with van der Waals surface area (Å²) >= 11 is 0. The van der Waals surface area contributed by atoms with Crippen LogP contribution < -0.4 is 0 Å². The molecule has 2 aliphatic rings. The van der Waals surface area contributed by atoms with E-state index in [1.807, 2.05) is 12.3 Å². The summed E-state index contributed by atoms with van der Waals surface area (Å²) in [5.41, 5.74) is 1.15. The third kappa shape index (κ3) is 3.70. The van der Waals surface area contributed by atoms with Crippen molar-refractivity contribution in [2.75, 3.05) is 19.8 Å². The molecule has 4 heteroatoms. The molecule has 114 valence electrons. The van der Waals surface area contributed by atoms with Crippen molar-refractivity contribution < 1.29 is 9.47 Å². The van der Waals surface area contributed by atoms with E-state index in [1.54, 1.807) is 6.08 Å². The Balaban J connectivity index is 1.51. The molecule has 3 atom stereocenters. The second kappa shape index (κ2) is 7.16. The van der Waals surface area contributed by atoms with E-state index >= 15 is 0 Å². The number of nitrogens with zero attached hydrogens (tertiary/aromatic N) is 2. The lowest BCUT2D eigenvalue weighted by molar-refractivity contribution is -0.0972. The summed E-state index contributed by atoms with van der Waals surface area (Å²) in [6.45, 7) is 7.01. The van der Waals surface area contributed by atoms with Crippen LogP contribution in [0.3, 0.4) is 0 Å². The van der Waals surface area contributed by atoms with Gasteiger partial charge in [-0.2, -0.15) is 0 Å². The number of hydrogen-bond donors (Lipinski definition) is 0. The van der Waals surface area contributed by atoms with E-state index in [9.17, 15) is 0 Å². The second-order valence-electron chi connectivity index (χ2n) is 5.85. The lowest BCUT2D eigenvalue weighted by atomic mass is 9.99.